The molecule has 0 bridgehead atoms. The Morgan fingerprint density at radius 3 is 2.94 bits per heavy atom. The molecular weight excluding hydrogens is 228 g/mol. The monoisotopic (exact) mass is 250 g/mol. The number of rotatable bonds is 2. The molecule has 2 aliphatic rings. The normalized spacial score (nSPS) is 25.1. The van der Waals surface area contributed by atoms with Gasteiger partial charge in [0.05, 0.1) is 6.54 Å². The molecular formula is C13H22N4O. The van der Waals surface area contributed by atoms with Gasteiger partial charge in [-0.1, -0.05) is 24.4 Å². The zero-order valence-electron chi connectivity index (χ0n) is 10.9. The van der Waals surface area contributed by atoms with Gasteiger partial charge in [0.25, 0.3) is 0 Å². The van der Waals surface area contributed by atoms with Gasteiger partial charge in [-0.25, -0.2) is 0 Å². The van der Waals surface area contributed by atoms with Gasteiger partial charge in [0, 0.05) is 12.1 Å². The van der Waals surface area contributed by atoms with E-state index in [1.54, 1.807) is 0 Å². The lowest BCUT2D eigenvalue weighted by molar-refractivity contribution is 0.156. The first-order chi connectivity index (χ1) is 8.86. The fraction of sp³-hybridized carbons (Fsp3) is 0.846. The van der Waals surface area contributed by atoms with Crippen LogP contribution in [-0.2, 0) is 6.54 Å². The Morgan fingerprint density at radius 1 is 1.28 bits per heavy atom. The molecule has 3 rings (SSSR count). The van der Waals surface area contributed by atoms with Crippen molar-refractivity contribution in [2.45, 2.75) is 50.6 Å². The number of hydrogen-bond acceptors (Lipinski definition) is 5. The molecule has 0 unspecified atom stereocenters. The lowest BCUT2D eigenvalue weighted by atomic mass is 9.81. The van der Waals surface area contributed by atoms with E-state index in [2.05, 4.69) is 20.4 Å². The van der Waals surface area contributed by atoms with E-state index < -0.39 is 0 Å². The number of hydrogen-bond donors (Lipinski definition) is 1. The largest absolute Gasteiger partial charge is 0.343 e. The molecule has 0 atom stereocenters. The van der Waals surface area contributed by atoms with E-state index in [4.69, 9.17) is 4.52 Å². The predicted molar refractivity (Wildman–Crippen MR) is 68.0 cm³/mol. The molecule has 0 aromatic carbocycles. The van der Waals surface area contributed by atoms with Crippen molar-refractivity contribution in [3.63, 3.8) is 0 Å². The van der Waals surface area contributed by atoms with Gasteiger partial charge in [-0.15, -0.1) is 0 Å². The average molecular weight is 250 g/mol. The summed E-state index contributed by atoms with van der Waals surface area (Å²) in [4.78, 5) is 6.62. The van der Waals surface area contributed by atoms with Crippen molar-refractivity contribution in [2.24, 2.45) is 0 Å². The smallest absolute Gasteiger partial charge is 0.213 e. The Kier molecular flexibility index (Phi) is 3.61. The van der Waals surface area contributed by atoms with E-state index in [0.29, 0.717) is 5.54 Å². The lowest BCUT2D eigenvalue weighted by Gasteiger charge is -2.39. The minimum absolute atomic E-state index is 0.346. The summed E-state index contributed by atoms with van der Waals surface area (Å²) < 4.78 is 4.82. The highest BCUT2D eigenvalue weighted by Crippen LogP contribution is 2.30. The van der Waals surface area contributed by atoms with Crippen molar-refractivity contribution in [3.8, 4) is 0 Å². The molecule has 5 nitrogen and oxygen atoms in total. The average Bonchev–Trinajstić information content (AvgIpc) is 2.81. The first-order valence-corrected chi connectivity index (χ1v) is 7.09. The summed E-state index contributed by atoms with van der Waals surface area (Å²) in [7, 11) is 0. The maximum atomic E-state index is 4.82. The van der Waals surface area contributed by atoms with Gasteiger partial charge in [0.15, 0.2) is 5.82 Å². The zero-order valence-corrected chi connectivity index (χ0v) is 10.9. The van der Waals surface area contributed by atoms with Crippen LogP contribution in [0.1, 0.15) is 44.3 Å². The van der Waals surface area contributed by atoms with Crippen molar-refractivity contribution in [3.05, 3.63) is 12.2 Å². The van der Waals surface area contributed by atoms with E-state index in [0.717, 1.165) is 32.0 Å². The van der Waals surface area contributed by atoms with Crippen LogP contribution in [-0.4, -0.2) is 40.2 Å². The molecule has 18 heavy (non-hydrogen) atoms. The fourth-order valence-electron chi connectivity index (χ4n) is 3.38. The number of nitrogens with zero attached hydrogens (tertiary/aromatic N) is 3. The van der Waals surface area contributed by atoms with Gasteiger partial charge in [0.2, 0.25) is 6.39 Å². The van der Waals surface area contributed by atoms with Gasteiger partial charge in [-0.2, -0.15) is 4.98 Å². The highest BCUT2D eigenvalue weighted by Gasteiger charge is 2.34. The maximum Gasteiger partial charge on any atom is 0.213 e. The molecule has 1 spiro atoms. The predicted octanol–water partition coefficient (Wildman–Crippen LogP) is 1.57. The van der Waals surface area contributed by atoms with Crippen LogP contribution < -0.4 is 5.32 Å². The fourth-order valence-corrected chi connectivity index (χ4v) is 3.38. The van der Waals surface area contributed by atoms with Crippen LogP contribution in [0.4, 0.5) is 0 Å². The Labute approximate surface area is 108 Å². The molecule has 2 fully saturated rings. The van der Waals surface area contributed by atoms with E-state index >= 15 is 0 Å². The van der Waals surface area contributed by atoms with Crippen LogP contribution in [0.25, 0.3) is 0 Å². The van der Waals surface area contributed by atoms with Gasteiger partial charge in [-0.05, 0) is 32.4 Å². The minimum Gasteiger partial charge on any atom is -0.343 e. The van der Waals surface area contributed by atoms with Crippen LogP contribution in [0.15, 0.2) is 10.9 Å². The summed E-state index contributed by atoms with van der Waals surface area (Å²) in [5.41, 5.74) is 0.346. The summed E-state index contributed by atoms with van der Waals surface area (Å²) in [6.07, 6.45) is 9.38. The topological polar surface area (TPSA) is 54.2 Å². The van der Waals surface area contributed by atoms with Gasteiger partial charge >= 0.3 is 0 Å². The Morgan fingerprint density at radius 2 is 2.17 bits per heavy atom. The molecule has 5 heteroatoms. The molecule has 0 radical (unpaired) electrons. The highest BCUT2D eigenvalue weighted by molar-refractivity contribution is 4.96. The second-order valence-corrected chi connectivity index (χ2v) is 5.68. The molecule has 1 aliphatic heterocycles. The first-order valence-electron chi connectivity index (χ1n) is 7.09. The molecule has 1 aromatic heterocycles. The molecule has 100 valence electrons. The summed E-state index contributed by atoms with van der Waals surface area (Å²) in [5, 5.41) is 7.73. The summed E-state index contributed by atoms with van der Waals surface area (Å²) >= 11 is 0. The molecule has 1 aromatic rings. The lowest BCUT2D eigenvalue weighted by Crippen LogP contribution is -2.52. The first kappa shape index (κ1) is 12.1. The third-order valence-electron chi connectivity index (χ3n) is 4.26. The van der Waals surface area contributed by atoms with Crippen LogP contribution in [0.3, 0.4) is 0 Å². The third-order valence-corrected chi connectivity index (χ3v) is 4.26. The Bertz CT molecular complexity index is 359. The summed E-state index contributed by atoms with van der Waals surface area (Å²) in [6, 6.07) is 0. The van der Waals surface area contributed by atoms with Crippen LogP contribution in [0, 0.1) is 0 Å². The molecule has 1 aliphatic carbocycles. The minimum atomic E-state index is 0.346. The number of nitrogens with one attached hydrogen (secondary N) is 1. The van der Waals surface area contributed by atoms with Crippen LogP contribution >= 0.6 is 0 Å². The molecule has 1 saturated heterocycles. The second-order valence-electron chi connectivity index (χ2n) is 5.68. The maximum absolute atomic E-state index is 4.82. The Hall–Kier alpha value is -0.940. The van der Waals surface area contributed by atoms with E-state index in [1.165, 1.54) is 44.9 Å². The third kappa shape index (κ3) is 2.72. The van der Waals surface area contributed by atoms with Crippen molar-refractivity contribution < 1.29 is 4.52 Å². The number of aromatic nitrogens is 2. The van der Waals surface area contributed by atoms with Crippen molar-refractivity contribution in [1.29, 1.82) is 0 Å². The van der Waals surface area contributed by atoms with Gasteiger partial charge < -0.3 is 9.84 Å². The second kappa shape index (κ2) is 5.36. The van der Waals surface area contributed by atoms with Gasteiger partial charge in [-0.3, -0.25) is 4.90 Å². The molecule has 1 N–H and O–H groups in total. The van der Waals surface area contributed by atoms with E-state index in [1.807, 2.05) is 0 Å². The quantitative estimate of drug-likeness (QED) is 0.863. The van der Waals surface area contributed by atoms with Crippen molar-refractivity contribution in [2.75, 3.05) is 19.6 Å². The summed E-state index contributed by atoms with van der Waals surface area (Å²) in [5.74, 6) is 0.808. The van der Waals surface area contributed by atoms with Crippen LogP contribution in [0.2, 0.25) is 0 Å². The van der Waals surface area contributed by atoms with E-state index in [9.17, 15) is 0 Å². The van der Waals surface area contributed by atoms with Crippen molar-refractivity contribution >= 4 is 0 Å². The Balaban J connectivity index is 1.66. The molecule has 0 amide bonds. The highest BCUT2D eigenvalue weighted by atomic mass is 16.5. The van der Waals surface area contributed by atoms with Gasteiger partial charge in [0.1, 0.15) is 0 Å². The molecule has 1 saturated carbocycles. The van der Waals surface area contributed by atoms with E-state index in [-0.39, 0.29) is 0 Å². The standard InChI is InChI=1S/C13H22N4O/c1-2-5-13(6-3-1)10-17(8-4-7-15-13)9-12-14-11-18-16-12/h11,15H,1-10H2. The SMILES string of the molecule is c1nc(CN2CCCNC3(CCCCC3)C2)no1. The summed E-state index contributed by atoms with van der Waals surface area (Å²) in [6.45, 7) is 4.22. The van der Waals surface area contributed by atoms with Crippen molar-refractivity contribution in [1.82, 2.24) is 20.4 Å². The van der Waals surface area contributed by atoms with Crippen LogP contribution in [0.5, 0.6) is 0 Å². The molecule has 2 heterocycles. The zero-order chi connectivity index (χ0) is 12.3.